The first kappa shape index (κ1) is 8.91. The van der Waals surface area contributed by atoms with E-state index in [9.17, 15) is 4.79 Å². The summed E-state index contributed by atoms with van der Waals surface area (Å²) in [5.41, 5.74) is -0.0284. The lowest BCUT2D eigenvalue weighted by molar-refractivity contribution is -0.119. The molecule has 2 N–H and O–H groups in total. The van der Waals surface area contributed by atoms with Crippen LogP contribution in [0.4, 0.5) is 5.95 Å². The van der Waals surface area contributed by atoms with Crippen molar-refractivity contribution in [3.8, 4) is 0 Å². The minimum Gasteiger partial charge on any atom is -0.317 e. The van der Waals surface area contributed by atoms with Crippen LogP contribution in [0.2, 0.25) is 0 Å². The van der Waals surface area contributed by atoms with Crippen LogP contribution in [0, 0.1) is 0 Å². The summed E-state index contributed by atoms with van der Waals surface area (Å²) in [5.74, 6) is 0.795. The first-order valence-electron chi connectivity index (χ1n) is 5.35. The van der Waals surface area contributed by atoms with Crippen LogP contribution in [-0.4, -0.2) is 28.5 Å². The van der Waals surface area contributed by atoms with Crippen molar-refractivity contribution in [3.05, 3.63) is 12.4 Å². The molecular formula is C10H14N4O. The second-order valence-electron chi connectivity index (χ2n) is 4.32. The molecule has 5 heteroatoms. The molecule has 15 heavy (non-hydrogen) atoms. The Hall–Kier alpha value is -1.36. The molecular weight excluding hydrogens is 192 g/mol. The summed E-state index contributed by atoms with van der Waals surface area (Å²) in [4.78, 5) is 15.8. The maximum absolute atomic E-state index is 11.6. The third kappa shape index (κ3) is 1.26. The molecule has 3 heterocycles. The number of nitrogens with zero attached hydrogens (tertiary/aromatic N) is 2. The van der Waals surface area contributed by atoms with E-state index in [1.807, 2.05) is 6.20 Å². The smallest absolute Gasteiger partial charge is 0.229 e. The fraction of sp³-hybridized carbons (Fsp3) is 0.600. The minimum absolute atomic E-state index is 0.0284. The zero-order valence-electron chi connectivity index (χ0n) is 8.49. The van der Waals surface area contributed by atoms with E-state index in [4.69, 9.17) is 0 Å². The van der Waals surface area contributed by atoms with Gasteiger partial charge in [0, 0.05) is 12.4 Å². The van der Waals surface area contributed by atoms with E-state index in [0.29, 0.717) is 12.4 Å². The van der Waals surface area contributed by atoms with Crippen molar-refractivity contribution in [2.75, 3.05) is 18.4 Å². The predicted molar refractivity (Wildman–Crippen MR) is 55.6 cm³/mol. The number of piperidine rings is 1. The van der Waals surface area contributed by atoms with E-state index in [0.717, 1.165) is 25.9 Å². The second-order valence-corrected chi connectivity index (χ2v) is 4.32. The molecule has 1 aromatic rings. The zero-order valence-corrected chi connectivity index (χ0v) is 8.49. The van der Waals surface area contributed by atoms with Crippen LogP contribution < -0.4 is 10.6 Å². The fourth-order valence-electron chi connectivity index (χ4n) is 2.64. The van der Waals surface area contributed by atoms with Crippen LogP contribution in [0.3, 0.4) is 0 Å². The summed E-state index contributed by atoms with van der Waals surface area (Å²) >= 11 is 0. The molecule has 0 unspecified atom stereocenters. The van der Waals surface area contributed by atoms with Gasteiger partial charge in [-0.25, -0.2) is 4.98 Å². The number of nitrogens with one attached hydrogen (secondary N) is 2. The van der Waals surface area contributed by atoms with Crippen molar-refractivity contribution in [2.24, 2.45) is 0 Å². The summed E-state index contributed by atoms with van der Waals surface area (Å²) < 4.78 is 2.13. The number of anilines is 1. The number of aromatic nitrogens is 2. The third-order valence-corrected chi connectivity index (χ3v) is 3.43. The number of hydrogen-bond donors (Lipinski definition) is 2. The highest BCUT2D eigenvalue weighted by atomic mass is 16.2. The van der Waals surface area contributed by atoms with Crippen LogP contribution in [-0.2, 0) is 10.3 Å². The number of carbonyl (C=O) groups is 1. The van der Waals surface area contributed by atoms with Crippen LogP contribution >= 0.6 is 0 Å². The normalized spacial score (nSPS) is 23.6. The standard InChI is InChI=1S/C10H14N4O/c15-8-7-10(1-3-11-4-2-10)14-6-5-12-9(14)13-8/h5-6,11H,1-4,7H2,(H,12,13,15). The van der Waals surface area contributed by atoms with Gasteiger partial charge >= 0.3 is 0 Å². The molecule has 2 aliphatic rings. The van der Waals surface area contributed by atoms with Crippen molar-refractivity contribution in [3.63, 3.8) is 0 Å². The molecule has 80 valence electrons. The minimum atomic E-state index is -0.0284. The van der Waals surface area contributed by atoms with Gasteiger partial charge in [0.1, 0.15) is 0 Å². The highest BCUT2D eigenvalue weighted by molar-refractivity contribution is 5.91. The van der Waals surface area contributed by atoms with Gasteiger partial charge < -0.3 is 9.88 Å². The summed E-state index contributed by atoms with van der Waals surface area (Å²) in [6, 6.07) is 0. The Morgan fingerprint density at radius 3 is 3.00 bits per heavy atom. The molecule has 1 spiro atoms. The maximum atomic E-state index is 11.6. The van der Waals surface area contributed by atoms with Crippen molar-refractivity contribution in [1.82, 2.24) is 14.9 Å². The number of amides is 1. The maximum Gasteiger partial charge on any atom is 0.229 e. The Morgan fingerprint density at radius 1 is 1.40 bits per heavy atom. The molecule has 0 aromatic carbocycles. The van der Waals surface area contributed by atoms with E-state index in [-0.39, 0.29) is 11.4 Å². The van der Waals surface area contributed by atoms with Crippen LogP contribution in [0.25, 0.3) is 0 Å². The van der Waals surface area contributed by atoms with Gasteiger partial charge in [-0.2, -0.15) is 0 Å². The van der Waals surface area contributed by atoms with Gasteiger partial charge in [-0.05, 0) is 25.9 Å². The van der Waals surface area contributed by atoms with Gasteiger partial charge in [-0.15, -0.1) is 0 Å². The number of fused-ring (bicyclic) bond motifs is 2. The Labute approximate surface area is 87.9 Å². The summed E-state index contributed by atoms with van der Waals surface area (Å²) in [7, 11) is 0. The van der Waals surface area contributed by atoms with Crippen molar-refractivity contribution in [2.45, 2.75) is 24.8 Å². The molecule has 3 rings (SSSR count). The van der Waals surface area contributed by atoms with Crippen LogP contribution in [0.1, 0.15) is 19.3 Å². The zero-order chi connectivity index (χ0) is 10.3. The van der Waals surface area contributed by atoms with E-state index in [1.165, 1.54) is 0 Å². The van der Waals surface area contributed by atoms with E-state index < -0.39 is 0 Å². The number of carbonyl (C=O) groups excluding carboxylic acids is 1. The molecule has 5 nitrogen and oxygen atoms in total. The highest BCUT2D eigenvalue weighted by Crippen LogP contribution is 2.36. The average molecular weight is 206 g/mol. The van der Waals surface area contributed by atoms with E-state index in [1.54, 1.807) is 6.20 Å². The quantitative estimate of drug-likeness (QED) is 0.642. The van der Waals surface area contributed by atoms with Crippen LogP contribution in [0.5, 0.6) is 0 Å². The first-order valence-corrected chi connectivity index (χ1v) is 5.35. The highest BCUT2D eigenvalue weighted by Gasteiger charge is 2.40. The molecule has 1 fully saturated rings. The molecule has 2 aliphatic heterocycles. The van der Waals surface area contributed by atoms with Gasteiger partial charge in [-0.3, -0.25) is 10.1 Å². The van der Waals surface area contributed by atoms with Crippen molar-refractivity contribution < 1.29 is 4.79 Å². The Morgan fingerprint density at radius 2 is 2.20 bits per heavy atom. The monoisotopic (exact) mass is 206 g/mol. The van der Waals surface area contributed by atoms with Crippen LogP contribution in [0.15, 0.2) is 12.4 Å². The Bertz CT molecular complexity index is 392. The van der Waals surface area contributed by atoms with E-state index in [2.05, 4.69) is 20.2 Å². The Balaban J connectivity index is 2.05. The van der Waals surface area contributed by atoms with E-state index >= 15 is 0 Å². The molecule has 0 saturated carbocycles. The first-order chi connectivity index (χ1) is 7.30. The van der Waals surface area contributed by atoms with Crippen molar-refractivity contribution >= 4 is 11.9 Å². The van der Waals surface area contributed by atoms with Gasteiger partial charge in [0.05, 0.1) is 12.0 Å². The van der Waals surface area contributed by atoms with Gasteiger partial charge in [0.25, 0.3) is 0 Å². The molecule has 0 aliphatic carbocycles. The average Bonchev–Trinajstić information content (AvgIpc) is 2.67. The largest absolute Gasteiger partial charge is 0.317 e. The van der Waals surface area contributed by atoms with Gasteiger partial charge in [0.15, 0.2) is 0 Å². The lowest BCUT2D eigenvalue weighted by Gasteiger charge is -2.41. The molecule has 1 aromatic heterocycles. The van der Waals surface area contributed by atoms with Gasteiger partial charge in [0.2, 0.25) is 11.9 Å². The molecule has 0 radical (unpaired) electrons. The number of rotatable bonds is 0. The number of imidazole rings is 1. The lowest BCUT2D eigenvalue weighted by Crippen LogP contribution is -2.49. The summed E-state index contributed by atoms with van der Waals surface area (Å²) in [6.07, 6.45) is 6.32. The SMILES string of the molecule is O=C1CC2(CCNCC2)n2ccnc2N1. The lowest BCUT2D eigenvalue weighted by atomic mass is 9.83. The third-order valence-electron chi connectivity index (χ3n) is 3.43. The fourth-order valence-corrected chi connectivity index (χ4v) is 2.64. The molecule has 0 bridgehead atoms. The molecule has 1 saturated heterocycles. The van der Waals surface area contributed by atoms with Gasteiger partial charge in [-0.1, -0.05) is 0 Å². The molecule has 0 atom stereocenters. The van der Waals surface area contributed by atoms with Crippen molar-refractivity contribution in [1.29, 1.82) is 0 Å². The second kappa shape index (κ2) is 3.06. The summed E-state index contributed by atoms with van der Waals surface area (Å²) in [6.45, 7) is 1.95. The summed E-state index contributed by atoms with van der Waals surface area (Å²) in [5, 5.41) is 6.13. The molecule has 1 amide bonds. The topological polar surface area (TPSA) is 59.0 Å². The predicted octanol–water partition coefficient (Wildman–Crippen LogP) is 0.304. The Kier molecular flexibility index (Phi) is 1.82. The number of hydrogen-bond acceptors (Lipinski definition) is 3.